The Balaban J connectivity index is 3.05. The van der Waals surface area contributed by atoms with E-state index in [1.54, 1.807) is 0 Å². The number of hydrogen-bond acceptors (Lipinski definition) is 1. The number of hydrogen-bond donors (Lipinski definition) is 1. The number of nitrogens with one attached hydrogen (secondary N) is 1. The second-order valence-corrected chi connectivity index (χ2v) is 5.10. The lowest BCUT2D eigenvalue weighted by molar-refractivity contribution is 0.371. The Morgan fingerprint density at radius 3 is 2.25 bits per heavy atom. The predicted octanol–water partition coefficient (Wildman–Crippen LogP) is 4.12. The average molecular weight is 284 g/mol. The second-order valence-electron chi connectivity index (χ2n) is 4.25. The largest absolute Gasteiger partial charge is 0.316 e. The van der Waals surface area contributed by atoms with Crippen molar-refractivity contribution in [3.8, 4) is 0 Å². The summed E-state index contributed by atoms with van der Waals surface area (Å²) in [7, 11) is 0. The molecule has 0 spiro atoms. The van der Waals surface area contributed by atoms with Crippen molar-refractivity contribution >= 4 is 15.9 Å². The van der Waals surface area contributed by atoms with E-state index in [1.807, 2.05) is 0 Å². The van der Waals surface area contributed by atoms with Crippen LogP contribution in [0.4, 0.5) is 0 Å². The van der Waals surface area contributed by atoms with E-state index < -0.39 is 0 Å². The summed E-state index contributed by atoms with van der Waals surface area (Å²) in [5.74, 6) is 0. The first kappa shape index (κ1) is 13.7. The van der Waals surface area contributed by atoms with Crippen LogP contribution in [-0.4, -0.2) is 13.1 Å². The maximum atomic E-state index is 3.68. The van der Waals surface area contributed by atoms with E-state index in [1.165, 1.54) is 22.9 Å². The minimum Gasteiger partial charge on any atom is -0.316 e. The summed E-state index contributed by atoms with van der Waals surface area (Å²) >= 11 is 3.68. The molecule has 90 valence electrons. The van der Waals surface area contributed by atoms with Gasteiger partial charge in [-0.15, -0.1) is 0 Å². The minimum atomic E-state index is 0.260. The average Bonchev–Trinajstić information content (AvgIpc) is 2.33. The van der Waals surface area contributed by atoms with Gasteiger partial charge >= 0.3 is 0 Å². The fourth-order valence-corrected chi connectivity index (χ4v) is 2.94. The maximum absolute atomic E-state index is 3.68. The van der Waals surface area contributed by atoms with Gasteiger partial charge in [-0.05, 0) is 31.0 Å². The molecule has 0 aliphatic heterocycles. The van der Waals surface area contributed by atoms with E-state index in [9.17, 15) is 0 Å². The minimum absolute atomic E-state index is 0.260. The van der Waals surface area contributed by atoms with Crippen molar-refractivity contribution in [2.45, 2.75) is 39.0 Å². The summed E-state index contributed by atoms with van der Waals surface area (Å²) in [6, 6.07) is 8.60. The molecule has 0 unspecified atom stereocenters. The molecule has 16 heavy (non-hydrogen) atoms. The summed E-state index contributed by atoms with van der Waals surface area (Å²) < 4.78 is 1.23. The Morgan fingerprint density at radius 2 is 1.75 bits per heavy atom. The van der Waals surface area contributed by atoms with Gasteiger partial charge in [0, 0.05) is 16.4 Å². The van der Waals surface area contributed by atoms with Crippen molar-refractivity contribution in [3.05, 3.63) is 34.3 Å². The van der Waals surface area contributed by atoms with Crippen molar-refractivity contribution in [2.24, 2.45) is 0 Å². The van der Waals surface area contributed by atoms with E-state index in [4.69, 9.17) is 0 Å². The molecule has 1 aromatic rings. The number of benzene rings is 1. The zero-order valence-electron chi connectivity index (χ0n) is 10.5. The topological polar surface area (TPSA) is 12.0 Å². The first-order chi connectivity index (χ1) is 7.70. The van der Waals surface area contributed by atoms with Gasteiger partial charge < -0.3 is 5.32 Å². The Morgan fingerprint density at radius 1 is 1.12 bits per heavy atom. The maximum Gasteiger partial charge on any atom is 0.0213 e. The molecular formula is C14H22BrN. The number of rotatable bonds is 6. The highest BCUT2D eigenvalue weighted by atomic mass is 79.9. The fraction of sp³-hybridized carbons (Fsp3) is 0.571. The quantitative estimate of drug-likeness (QED) is 0.828. The highest BCUT2D eigenvalue weighted by molar-refractivity contribution is 9.10. The molecule has 0 radical (unpaired) electrons. The molecule has 1 rings (SSSR count). The zero-order chi connectivity index (χ0) is 12.0. The molecule has 0 aliphatic carbocycles. The van der Waals surface area contributed by atoms with Gasteiger partial charge in [-0.3, -0.25) is 0 Å². The van der Waals surface area contributed by atoms with Crippen LogP contribution in [-0.2, 0) is 5.41 Å². The van der Waals surface area contributed by atoms with Crippen LogP contribution >= 0.6 is 15.9 Å². The van der Waals surface area contributed by atoms with Crippen LogP contribution < -0.4 is 5.32 Å². The summed E-state index contributed by atoms with van der Waals surface area (Å²) in [6.45, 7) is 8.81. The third-order valence-corrected chi connectivity index (χ3v) is 4.20. The van der Waals surface area contributed by atoms with E-state index in [-0.39, 0.29) is 5.41 Å². The molecule has 1 nitrogen and oxygen atoms in total. The predicted molar refractivity (Wildman–Crippen MR) is 74.9 cm³/mol. The lowest BCUT2D eigenvalue weighted by atomic mass is 9.76. The molecule has 0 aliphatic rings. The summed E-state index contributed by atoms with van der Waals surface area (Å²) in [5, 5.41) is 3.50. The lowest BCUT2D eigenvalue weighted by Gasteiger charge is -2.33. The van der Waals surface area contributed by atoms with Crippen LogP contribution in [0, 0.1) is 0 Å². The second kappa shape index (κ2) is 6.41. The van der Waals surface area contributed by atoms with Gasteiger partial charge in [-0.1, -0.05) is 54.9 Å². The third kappa shape index (κ3) is 2.86. The molecular weight excluding hydrogens is 262 g/mol. The molecule has 0 fully saturated rings. The Bertz CT molecular complexity index is 318. The van der Waals surface area contributed by atoms with Crippen LogP contribution in [0.15, 0.2) is 28.7 Å². The molecule has 0 amide bonds. The highest BCUT2D eigenvalue weighted by Gasteiger charge is 2.29. The van der Waals surface area contributed by atoms with Crippen LogP contribution in [0.5, 0.6) is 0 Å². The molecule has 0 heterocycles. The van der Waals surface area contributed by atoms with Crippen LogP contribution in [0.1, 0.15) is 39.2 Å². The van der Waals surface area contributed by atoms with Gasteiger partial charge in [0.1, 0.15) is 0 Å². The Kier molecular flexibility index (Phi) is 5.50. The third-order valence-electron chi connectivity index (χ3n) is 3.51. The Labute approximate surface area is 108 Å². The zero-order valence-corrected chi connectivity index (χ0v) is 12.1. The van der Waals surface area contributed by atoms with Gasteiger partial charge in [0.05, 0.1) is 0 Å². The smallest absolute Gasteiger partial charge is 0.0213 e. The summed E-state index contributed by atoms with van der Waals surface area (Å²) in [5.41, 5.74) is 1.69. The number of halogens is 1. The first-order valence-electron chi connectivity index (χ1n) is 6.16. The molecule has 0 atom stereocenters. The number of likely N-dealkylation sites (N-methyl/N-ethyl adjacent to an activating group) is 1. The van der Waals surface area contributed by atoms with Crippen molar-refractivity contribution in [1.82, 2.24) is 5.32 Å². The van der Waals surface area contributed by atoms with E-state index >= 15 is 0 Å². The van der Waals surface area contributed by atoms with Gasteiger partial charge in [0.2, 0.25) is 0 Å². The monoisotopic (exact) mass is 283 g/mol. The molecule has 0 aromatic heterocycles. The van der Waals surface area contributed by atoms with Crippen LogP contribution in [0.2, 0.25) is 0 Å². The molecule has 1 aromatic carbocycles. The Hall–Kier alpha value is -0.340. The fourth-order valence-electron chi connectivity index (χ4n) is 2.23. The normalized spacial score (nSPS) is 11.8. The van der Waals surface area contributed by atoms with Crippen LogP contribution in [0.3, 0.4) is 0 Å². The van der Waals surface area contributed by atoms with Crippen LogP contribution in [0.25, 0.3) is 0 Å². The molecule has 1 N–H and O–H groups in total. The summed E-state index contributed by atoms with van der Waals surface area (Å²) in [4.78, 5) is 0. The molecule has 0 bridgehead atoms. The standard InChI is InChI=1S/C14H22BrN/c1-4-14(5-2,11-16-6-3)12-9-7-8-10-13(12)15/h7-10,16H,4-6,11H2,1-3H3. The van der Waals surface area contributed by atoms with Gasteiger partial charge in [0.25, 0.3) is 0 Å². The lowest BCUT2D eigenvalue weighted by Crippen LogP contribution is -2.37. The molecule has 0 saturated heterocycles. The van der Waals surface area contributed by atoms with Gasteiger partial charge in [-0.2, -0.15) is 0 Å². The van der Waals surface area contributed by atoms with Gasteiger partial charge in [-0.25, -0.2) is 0 Å². The van der Waals surface area contributed by atoms with Crippen molar-refractivity contribution in [1.29, 1.82) is 0 Å². The van der Waals surface area contributed by atoms with Gasteiger partial charge in [0.15, 0.2) is 0 Å². The first-order valence-corrected chi connectivity index (χ1v) is 6.95. The summed E-state index contributed by atoms with van der Waals surface area (Å²) in [6.07, 6.45) is 2.33. The van der Waals surface area contributed by atoms with E-state index in [0.29, 0.717) is 0 Å². The SMILES string of the molecule is CCNCC(CC)(CC)c1ccccc1Br. The van der Waals surface area contributed by atoms with E-state index in [0.717, 1.165) is 13.1 Å². The van der Waals surface area contributed by atoms with Crippen molar-refractivity contribution < 1.29 is 0 Å². The highest BCUT2D eigenvalue weighted by Crippen LogP contribution is 2.35. The molecule has 2 heteroatoms. The molecule has 0 saturated carbocycles. The van der Waals surface area contributed by atoms with Crippen molar-refractivity contribution in [2.75, 3.05) is 13.1 Å². The van der Waals surface area contributed by atoms with Crippen molar-refractivity contribution in [3.63, 3.8) is 0 Å². The van der Waals surface area contributed by atoms with E-state index in [2.05, 4.69) is 66.3 Å².